The van der Waals surface area contributed by atoms with Crippen molar-refractivity contribution in [2.75, 3.05) is 24.5 Å². The van der Waals surface area contributed by atoms with E-state index in [9.17, 15) is 0 Å². The summed E-state index contributed by atoms with van der Waals surface area (Å²) in [6.45, 7) is 3.72. The Hall–Kier alpha value is -2.23. The average Bonchev–Trinajstić information content (AvgIpc) is 3.23. The maximum atomic E-state index is 6.64. The average molecular weight is 522 g/mol. The first-order valence-electron chi connectivity index (χ1n) is 12.3. The summed E-state index contributed by atoms with van der Waals surface area (Å²) in [5.74, 6) is 0. The number of benzene rings is 3. The second-order valence-corrected chi connectivity index (χ2v) is 11.0. The highest BCUT2D eigenvalue weighted by Crippen LogP contribution is 2.40. The maximum Gasteiger partial charge on any atom is 0.0670 e. The lowest BCUT2D eigenvalue weighted by Gasteiger charge is -2.43. The third-order valence-electron chi connectivity index (χ3n) is 7.49. The zero-order chi connectivity index (χ0) is 23.9. The van der Waals surface area contributed by atoms with Gasteiger partial charge in [0.1, 0.15) is 0 Å². The van der Waals surface area contributed by atoms with Crippen LogP contribution in [-0.2, 0) is 13.0 Å². The Labute approximate surface area is 222 Å². The molecule has 3 aromatic rings. The Morgan fingerprint density at radius 1 is 0.857 bits per heavy atom. The monoisotopic (exact) mass is 520 g/mol. The van der Waals surface area contributed by atoms with E-state index < -0.39 is 0 Å². The van der Waals surface area contributed by atoms with Crippen molar-refractivity contribution < 1.29 is 0 Å². The highest BCUT2D eigenvalue weighted by atomic mass is 35.5. The predicted molar refractivity (Wildman–Crippen MR) is 149 cm³/mol. The second kappa shape index (κ2) is 9.67. The van der Waals surface area contributed by atoms with Gasteiger partial charge in [-0.05, 0) is 83.0 Å². The molecule has 0 saturated carbocycles. The smallest absolute Gasteiger partial charge is 0.0670 e. The number of halogens is 3. The van der Waals surface area contributed by atoms with Crippen molar-refractivity contribution in [2.24, 2.45) is 0 Å². The Bertz CT molecular complexity index is 1330. The minimum absolute atomic E-state index is 0.174. The molecule has 6 rings (SSSR count). The Balaban J connectivity index is 1.25. The van der Waals surface area contributed by atoms with Crippen molar-refractivity contribution in [1.82, 2.24) is 4.90 Å². The van der Waals surface area contributed by atoms with Gasteiger partial charge in [-0.15, -0.1) is 0 Å². The van der Waals surface area contributed by atoms with E-state index in [1.807, 2.05) is 30.3 Å². The van der Waals surface area contributed by atoms with Crippen molar-refractivity contribution in [2.45, 2.75) is 31.8 Å². The van der Waals surface area contributed by atoms with Gasteiger partial charge in [-0.2, -0.15) is 0 Å². The lowest BCUT2D eigenvalue weighted by atomic mass is 9.96. The standard InChI is InChI=1S/C30H27Cl3N2/c31-24-8-6-21(7-9-24)30-19-34(13-14-35(30)29-12-10-25(32)17-28(29)33)18-20-5-11-27-23(15-20)16-22-3-1-2-4-26(22)27/h1,3,5-12,15,17,30H,2,4,13-14,16,18-19H2. The quantitative estimate of drug-likeness (QED) is 0.340. The first-order chi connectivity index (χ1) is 17.0. The van der Waals surface area contributed by atoms with E-state index in [0.29, 0.717) is 10.0 Å². The third kappa shape index (κ3) is 4.66. The molecular formula is C30H27Cl3N2. The normalized spacial score (nSPS) is 19.7. The van der Waals surface area contributed by atoms with Gasteiger partial charge in [-0.3, -0.25) is 4.90 Å². The predicted octanol–water partition coefficient (Wildman–Crippen LogP) is 8.37. The van der Waals surface area contributed by atoms with Crippen molar-refractivity contribution in [3.63, 3.8) is 0 Å². The minimum atomic E-state index is 0.174. The molecule has 0 bridgehead atoms. The second-order valence-electron chi connectivity index (χ2n) is 9.70. The van der Waals surface area contributed by atoms with Crippen LogP contribution in [0, 0.1) is 0 Å². The fraction of sp³-hybridized carbons (Fsp3) is 0.267. The molecule has 1 aliphatic heterocycles. The van der Waals surface area contributed by atoms with Crippen LogP contribution in [0.15, 0.2) is 78.4 Å². The molecule has 2 aliphatic carbocycles. The number of rotatable bonds is 4. The Morgan fingerprint density at radius 2 is 1.69 bits per heavy atom. The van der Waals surface area contributed by atoms with Crippen LogP contribution in [0.1, 0.15) is 41.1 Å². The molecule has 0 N–H and O–H groups in total. The molecule has 1 heterocycles. The fourth-order valence-electron chi connectivity index (χ4n) is 5.79. The number of anilines is 1. The van der Waals surface area contributed by atoms with Crippen molar-refractivity contribution in [3.8, 4) is 0 Å². The van der Waals surface area contributed by atoms with Crippen LogP contribution < -0.4 is 4.90 Å². The zero-order valence-corrected chi connectivity index (χ0v) is 21.8. The SMILES string of the molecule is Clc1ccc(C2CN(Cc3ccc4c(c3)CC3=C4CCC=C3)CCN2c2ccc(Cl)cc2Cl)cc1. The summed E-state index contributed by atoms with van der Waals surface area (Å²) in [4.78, 5) is 4.97. The first kappa shape index (κ1) is 23.2. The highest BCUT2D eigenvalue weighted by Gasteiger charge is 2.30. The van der Waals surface area contributed by atoms with Crippen LogP contribution in [0.4, 0.5) is 5.69 Å². The molecule has 2 nitrogen and oxygen atoms in total. The van der Waals surface area contributed by atoms with E-state index >= 15 is 0 Å². The molecule has 0 radical (unpaired) electrons. The largest absolute Gasteiger partial charge is 0.361 e. The van der Waals surface area contributed by atoms with Crippen LogP contribution in [0.5, 0.6) is 0 Å². The minimum Gasteiger partial charge on any atom is -0.361 e. The lowest BCUT2D eigenvalue weighted by molar-refractivity contribution is 0.215. The van der Waals surface area contributed by atoms with Crippen LogP contribution in [0.2, 0.25) is 15.1 Å². The summed E-state index contributed by atoms with van der Waals surface area (Å²) >= 11 is 19.0. The van der Waals surface area contributed by atoms with E-state index in [0.717, 1.165) is 49.7 Å². The fourth-order valence-corrected chi connectivity index (χ4v) is 6.44. The first-order valence-corrected chi connectivity index (χ1v) is 13.4. The summed E-state index contributed by atoms with van der Waals surface area (Å²) in [5.41, 5.74) is 9.68. The number of hydrogen-bond acceptors (Lipinski definition) is 2. The molecular weight excluding hydrogens is 495 g/mol. The summed E-state index contributed by atoms with van der Waals surface area (Å²) in [5, 5.41) is 2.10. The maximum absolute atomic E-state index is 6.64. The number of piperazine rings is 1. The van der Waals surface area contributed by atoms with Gasteiger partial charge >= 0.3 is 0 Å². The molecule has 3 aliphatic rings. The van der Waals surface area contributed by atoms with Crippen molar-refractivity contribution in [1.29, 1.82) is 0 Å². The van der Waals surface area contributed by atoms with Gasteiger partial charge in [0.25, 0.3) is 0 Å². The Kier molecular flexibility index (Phi) is 6.41. The summed E-state index contributed by atoms with van der Waals surface area (Å²) in [6, 6.07) is 21.3. The zero-order valence-electron chi connectivity index (χ0n) is 19.5. The van der Waals surface area contributed by atoms with Gasteiger partial charge in [-0.25, -0.2) is 0 Å². The van der Waals surface area contributed by atoms with Gasteiger partial charge in [0.05, 0.1) is 16.8 Å². The van der Waals surface area contributed by atoms with Gasteiger partial charge in [0.15, 0.2) is 0 Å². The van der Waals surface area contributed by atoms with E-state index in [-0.39, 0.29) is 6.04 Å². The number of fused-ring (bicyclic) bond motifs is 2. The van der Waals surface area contributed by atoms with Crippen LogP contribution >= 0.6 is 34.8 Å². The number of allylic oxidation sites excluding steroid dienone is 4. The number of hydrogen-bond donors (Lipinski definition) is 0. The molecule has 0 amide bonds. The molecule has 0 aromatic heterocycles. The van der Waals surface area contributed by atoms with Gasteiger partial charge < -0.3 is 4.90 Å². The Morgan fingerprint density at radius 3 is 2.51 bits per heavy atom. The van der Waals surface area contributed by atoms with Crippen molar-refractivity contribution in [3.05, 3.63) is 116 Å². The van der Waals surface area contributed by atoms with Gasteiger partial charge in [0.2, 0.25) is 0 Å². The lowest BCUT2D eigenvalue weighted by Crippen LogP contribution is -2.48. The topological polar surface area (TPSA) is 6.48 Å². The molecule has 0 spiro atoms. The molecule has 5 heteroatoms. The van der Waals surface area contributed by atoms with Crippen LogP contribution in [-0.4, -0.2) is 24.5 Å². The molecule has 35 heavy (non-hydrogen) atoms. The summed E-state index contributed by atoms with van der Waals surface area (Å²) < 4.78 is 0. The summed E-state index contributed by atoms with van der Waals surface area (Å²) in [6.07, 6.45) is 8.06. The molecule has 1 atom stereocenters. The van der Waals surface area contributed by atoms with Gasteiger partial charge in [-0.1, -0.05) is 77.3 Å². The van der Waals surface area contributed by atoms with Gasteiger partial charge in [0, 0.05) is 36.2 Å². The molecule has 178 valence electrons. The molecule has 1 fully saturated rings. The number of nitrogens with zero attached hydrogens (tertiary/aromatic N) is 2. The van der Waals surface area contributed by atoms with E-state index in [2.05, 4.69) is 52.3 Å². The molecule has 1 unspecified atom stereocenters. The van der Waals surface area contributed by atoms with E-state index in [4.69, 9.17) is 34.8 Å². The summed E-state index contributed by atoms with van der Waals surface area (Å²) in [7, 11) is 0. The highest BCUT2D eigenvalue weighted by molar-refractivity contribution is 6.36. The van der Waals surface area contributed by atoms with E-state index in [1.165, 1.54) is 34.2 Å². The molecule has 3 aromatic carbocycles. The van der Waals surface area contributed by atoms with Crippen LogP contribution in [0.3, 0.4) is 0 Å². The van der Waals surface area contributed by atoms with Crippen molar-refractivity contribution >= 4 is 46.1 Å². The van der Waals surface area contributed by atoms with Crippen LogP contribution in [0.25, 0.3) is 5.57 Å². The third-order valence-corrected chi connectivity index (χ3v) is 8.28. The van der Waals surface area contributed by atoms with E-state index in [1.54, 1.807) is 5.57 Å². The molecule has 1 saturated heterocycles.